The molecule has 1 aromatic heterocycles. The summed E-state index contributed by atoms with van der Waals surface area (Å²) in [6.45, 7) is 7.29. The monoisotopic (exact) mass is 487 g/mol. The highest BCUT2D eigenvalue weighted by Gasteiger charge is 2.18. The van der Waals surface area contributed by atoms with Crippen LogP contribution in [0.4, 0.5) is 11.4 Å². The molecule has 0 radical (unpaired) electrons. The normalized spacial score (nSPS) is 14.4. The number of fused-ring (bicyclic) bond motifs is 1. The van der Waals surface area contributed by atoms with Crippen LogP contribution in [0, 0.1) is 6.92 Å². The topological polar surface area (TPSA) is 53.4 Å². The van der Waals surface area contributed by atoms with Gasteiger partial charge in [0.2, 0.25) is 0 Å². The molecule has 0 atom stereocenters. The summed E-state index contributed by atoms with van der Waals surface area (Å²) in [6.07, 6.45) is 0.886. The van der Waals surface area contributed by atoms with Crippen LogP contribution in [0.5, 0.6) is 0 Å². The molecule has 1 fully saturated rings. The Labute approximate surface area is 211 Å². The minimum Gasteiger partial charge on any atom is -0.369 e. The molecule has 1 aliphatic heterocycles. The summed E-state index contributed by atoms with van der Waals surface area (Å²) in [5.74, 6) is 0.825. The maximum absolute atomic E-state index is 12.6. The summed E-state index contributed by atoms with van der Waals surface area (Å²) in [7, 11) is 2.06. The number of imidazole rings is 1. The van der Waals surface area contributed by atoms with Crippen molar-refractivity contribution in [2.75, 3.05) is 42.9 Å². The van der Waals surface area contributed by atoms with E-state index in [1.807, 2.05) is 24.3 Å². The van der Waals surface area contributed by atoms with Crippen LogP contribution in [0.3, 0.4) is 0 Å². The van der Waals surface area contributed by atoms with Crippen LogP contribution in [0.2, 0.25) is 5.02 Å². The van der Waals surface area contributed by atoms with Gasteiger partial charge in [-0.25, -0.2) is 4.98 Å². The fourth-order valence-electron chi connectivity index (χ4n) is 4.64. The van der Waals surface area contributed by atoms with Gasteiger partial charge < -0.3 is 14.8 Å². The third-order valence-electron chi connectivity index (χ3n) is 6.77. The van der Waals surface area contributed by atoms with Gasteiger partial charge in [-0.05, 0) is 49.4 Å². The van der Waals surface area contributed by atoms with Crippen LogP contribution in [0.25, 0.3) is 11.0 Å². The van der Waals surface area contributed by atoms with Gasteiger partial charge in [-0.3, -0.25) is 9.69 Å². The van der Waals surface area contributed by atoms with Gasteiger partial charge in [0.1, 0.15) is 5.82 Å². The van der Waals surface area contributed by atoms with Gasteiger partial charge >= 0.3 is 0 Å². The van der Waals surface area contributed by atoms with Crippen molar-refractivity contribution < 1.29 is 4.79 Å². The minimum absolute atomic E-state index is 0.226. The molecule has 0 unspecified atom stereocenters. The standard InChI is InChI=1S/C28H30ClN5O/c1-20-7-10-22(11-8-20)34-17-15-33(16-18-34)14-13-27-31-25-19-21(9-12-26(25)32(27)2)30-28(35)23-5-3-4-6-24(23)29/h3-12,19H,13-18H2,1-2H3,(H,30,35). The van der Waals surface area contributed by atoms with E-state index in [9.17, 15) is 4.79 Å². The number of benzene rings is 3. The second-order valence-corrected chi connectivity index (χ2v) is 9.55. The molecule has 1 N–H and O–H groups in total. The van der Waals surface area contributed by atoms with Crippen molar-refractivity contribution in [1.82, 2.24) is 14.5 Å². The van der Waals surface area contributed by atoms with Crippen LogP contribution in [-0.2, 0) is 13.5 Å². The highest BCUT2D eigenvalue weighted by atomic mass is 35.5. The molecule has 0 saturated carbocycles. The van der Waals surface area contributed by atoms with E-state index < -0.39 is 0 Å². The van der Waals surface area contributed by atoms with Gasteiger partial charge in [-0.2, -0.15) is 0 Å². The average molecular weight is 488 g/mol. The second-order valence-electron chi connectivity index (χ2n) is 9.14. The summed E-state index contributed by atoms with van der Waals surface area (Å²) in [5.41, 5.74) is 5.70. The number of amides is 1. The highest BCUT2D eigenvalue weighted by molar-refractivity contribution is 6.34. The Bertz CT molecular complexity index is 1340. The Morgan fingerprint density at radius 3 is 2.49 bits per heavy atom. The number of hydrogen-bond donors (Lipinski definition) is 1. The van der Waals surface area contributed by atoms with Crippen molar-refractivity contribution in [3.63, 3.8) is 0 Å². The van der Waals surface area contributed by atoms with Crippen molar-refractivity contribution >= 4 is 39.9 Å². The molecule has 0 aliphatic carbocycles. The molecule has 4 aromatic rings. The molecule has 2 heterocycles. The number of halogens is 1. The van der Waals surface area contributed by atoms with Crippen LogP contribution in [0.15, 0.2) is 66.7 Å². The zero-order valence-electron chi connectivity index (χ0n) is 20.2. The van der Waals surface area contributed by atoms with E-state index in [1.165, 1.54) is 11.3 Å². The molecular formula is C28H30ClN5O. The van der Waals surface area contributed by atoms with Gasteiger partial charge in [0.25, 0.3) is 5.91 Å². The summed E-state index contributed by atoms with van der Waals surface area (Å²) in [5, 5.41) is 3.37. The molecule has 1 amide bonds. The maximum atomic E-state index is 12.6. The van der Waals surface area contributed by atoms with E-state index in [2.05, 4.69) is 57.9 Å². The molecule has 35 heavy (non-hydrogen) atoms. The number of piperazine rings is 1. The number of nitrogens with one attached hydrogen (secondary N) is 1. The summed E-state index contributed by atoms with van der Waals surface area (Å²) >= 11 is 6.16. The largest absolute Gasteiger partial charge is 0.369 e. The van der Waals surface area contributed by atoms with E-state index in [4.69, 9.17) is 16.6 Å². The number of hydrogen-bond acceptors (Lipinski definition) is 4. The molecule has 1 saturated heterocycles. The van der Waals surface area contributed by atoms with Gasteiger partial charge in [-0.1, -0.05) is 41.4 Å². The Hall–Kier alpha value is -3.35. The van der Waals surface area contributed by atoms with Gasteiger partial charge in [0, 0.05) is 57.6 Å². The van der Waals surface area contributed by atoms with Crippen LogP contribution in [-0.4, -0.2) is 53.1 Å². The Balaban J connectivity index is 1.20. The third-order valence-corrected chi connectivity index (χ3v) is 7.10. The van der Waals surface area contributed by atoms with Gasteiger partial charge in [0.05, 0.1) is 21.6 Å². The highest BCUT2D eigenvalue weighted by Crippen LogP contribution is 2.23. The summed E-state index contributed by atoms with van der Waals surface area (Å²) in [4.78, 5) is 22.5. The fraction of sp³-hybridized carbons (Fsp3) is 0.286. The lowest BCUT2D eigenvalue weighted by Crippen LogP contribution is -2.47. The van der Waals surface area contributed by atoms with Crippen molar-refractivity contribution in [3.8, 4) is 0 Å². The van der Waals surface area contributed by atoms with Crippen molar-refractivity contribution in [1.29, 1.82) is 0 Å². The number of carbonyl (C=O) groups is 1. The Kier molecular flexibility index (Phi) is 6.75. The number of rotatable bonds is 6. The molecule has 7 heteroatoms. The second kappa shape index (κ2) is 10.1. The number of anilines is 2. The first kappa shape index (κ1) is 23.4. The number of carbonyl (C=O) groups excluding carboxylic acids is 1. The van der Waals surface area contributed by atoms with E-state index in [1.54, 1.807) is 18.2 Å². The molecule has 1 aliphatic rings. The number of aromatic nitrogens is 2. The number of aryl methyl sites for hydroxylation is 2. The lowest BCUT2D eigenvalue weighted by molar-refractivity contribution is 0.102. The van der Waals surface area contributed by atoms with Crippen LogP contribution in [0.1, 0.15) is 21.7 Å². The number of nitrogens with zero attached hydrogens (tertiary/aromatic N) is 4. The quantitative estimate of drug-likeness (QED) is 0.408. The van der Waals surface area contributed by atoms with Gasteiger partial charge in [0.15, 0.2) is 0 Å². The molecule has 180 valence electrons. The molecule has 0 bridgehead atoms. The first-order valence-corrected chi connectivity index (χ1v) is 12.4. The SMILES string of the molecule is Cc1ccc(N2CCN(CCc3nc4cc(NC(=O)c5ccccc5Cl)ccc4n3C)CC2)cc1. The van der Waals surface area contributed by atoms with Crippen LogP contribution >= 0.6 is 11.6 Å². The van der Waals surface area contributed by atoms with E-state index in [0.717, 1.165) is 56.0 Å². The minimum atomic E-state index is -0.226. The zero-order valence-corrected chi connectivity index (χ0v) is 20.9. The third kappa shape index (κ3) is 5.19. The van der Waals surface area contributed by atoms with Gasteiger partial charge in [-0.15, -0.1) is 0 Å². The first-order valence-electron chi connectivity index (χ1n) is 12.0. The van der Waals surface area contributed by atoms with E-state index >= 15 is 0 Å². The summed E-state index contributed by atoms with van der Waals surface area (Å²) < 4.78 is 2.15. The first-order chi connectivity index (χ1) is 17.0. The molecule has 5 rings (SSSR count). The van der Waals surface area contributed by atoms with Crippen molar-refractivity contribution in [2.45, 2.75) is 13.3 Å². The van der Waals surface area contributed by atoms with E-state index in [0.29, 0.717) is 16.3 Å². The summed E-state index contributed by atoms with van der Waals surface area (Å²) in [6, 6.07) is 21.7. The Morgan fingerprint density at radius 1 is 1.00 bits per heavy atom. The predicted molar refractivity (Wildman–Crippen MR) is 144 cm³/mol. The molecule has 0 spiro atoms. The van der Waals surface area contributed by atoms with E-state index in [-0.39, 0.29) is 5.91 Å². The van der Waals surface area contributed by atoms with Crippen LogP contribution < -0.4 is 10.2 Å². The fourth-order valence-corrected chi connectivity index (χ4v) is 4.86. The lowest BCUT2D eigenvalue weighted by Gasteiger charge is -2.36. The lowest BCUT2D eigenvalue weighted by atomic mass is 10.2. The smallest absolute Gasteiger partial charge is 0.257 e. The zero-order chi connectivity index (χ0) is 24.4. The average Bonchev–Trinajstić information content (AvgIpc) is 3.18. The molecule has 3 aromatic carbocycles. The van der Waals surface area contributed by atoms with Crippen molar-refractivity contribution in [3.05, 3.63) is 88.7 Å². The van der Waals surface area contributed by atoms with Crippen molar-refractivity contribution in [2.24, 2.45) is 7.05 Å². The Morgan fingerprint density at radius 2 is 1.74 bits per heavy atom. The molecular weight excluding hydrogens is 458 g/mol. The maximum Gasteiger partial charge on any atom is 0.257 e. The predicted octanol–water partition coefficient (Wildman–Crippen LogP) is 5.15. The molecule has 6 nitrogen and oxygen atoms in total.